The molecule has 0 aliphatic heterocycles. The third-order valence-corrected chi connectivity index (χ3v) is 2.37. The molecule has 0 aliphatic carbocycles. The van der Waals surface area contributed by atoms with Crippen molar-refractivity contribution in [3.05, 3.63) is 45.5 Å². The largest absolute Gasteiger partial charge is 0.298 e. The summed E-state index contributed by atoms with van der Waals surface area (Å²) < 4.78 is 0. The van der Waals surface area contributed by atoms with Crippen molar-refractivity contribution in [1.29, 1.82) is 0 Å². The van der Waals surface area contributed by atoms with E-state index in [-0.39, 0.29) is 5.69 Å². The second-order valence-corrected chi connectivity index (χ2v) is 3.30. The molecule has 0 bridgehead atoms. The van der Waals surface area contributed by atoms with Crippen LogP contribution in [0.5, 0.6) is 0 Å². The van der Waals surface area contributed by atoms with Crippen LogP contribution in [-0.4, -0.2) is 11.2 Å². The fraction of sp³-hybridized carbons (Fsp3) is 0.100. The fourth-order valence-electron chi connectivity index (χ4n) is 1.01. The van der Waals surface area contributed by atoms with E-state index >= 15 is 0 Å². The number of nitro groups is 1. The van der Waals surface area contributed by atoms with Gasteiger partial charge in [-0.05, 0) is 24.6 Å². The van der Waals surface area contributed by atoms with Gasteiger partial charge in [0.1, 0.15) is 6.29 Å². The number of carbonyl (C=O) groups excluding carboxylic acids is 1. The van der Waals surface area contributed by atoms with Crippen molar-refractivity contribution >= 4 is 28.6 Å². The number of non-ortho nitro benzene ring substituents is 1. The minimum absolute atomic E-state index is 0.00743. The van der Waals surface area contributed by atoms with Gasteiger partial charge in [0.2, 0.25) is 0 Å². The van der Waals surface area contributed by atoms with E-state index in [1.807, 2.05) is 0 Å². The Kier molecular flexibility index (Phi) is 3.57. The molecule has 1 aromatic rings. The van der Waals surface area contributed by atoms with E-state index in [0.717, 1.165) is 0 Å². The molecule has 0 saturated heterocycles. The summed E-state index contributed by atoms with van der Waals surface area (Å²) in [6.07, 6.45) is 0.643. The Morgan fingerprint density at radius 2 is 1.93 bits per heavy atom. The second-order valence-electron chi connectivity index (χ2n) is 2.92. The SMILES string of the molecule is C/C(C=O)=C(/Cl)c1ccc([N+](=O)[O-])cc1. The summed E-state index contributed by atoms with van der Waals surface area (Å²) in [6.45, 7) is 1.58. The molecule has 0 amide bonds. The Bertz CT molecular complexity index is 423. The number of hydrogen-bond acceptors (Lipinski definition) is 3. The molecule has 5 heteroatoms. The number of halogens is 1. The number of aldehydes is 1. The molecule has 0 fully saturated rings. The smallest absolute Gasteiger partial charge is 0.269 e. The summed E-state index contributed by atoms with van der Waals surface area (Å²) in [5.74, 6) is 0. The van der Waals surface area contributed by atoms with Crippen molar-refractivity contribution in [3.63, 3.8) is 0 Å². The Balaban J connectivity index is 3.09. The first-order chi connectivity index (χ1) is 7.06. The van der Waals surface area contributed by atoms with Crippen LogP contribution in [0.2, 0.25) is 0 Å². The monoisotopic (exact) mass is 225 g/mol. The second kappa shape index (κ2) is 4.70. The third-order valence-electron chi connectivity index (χ3n) is 1.85. The minimum atomic E-state index is -0.492. The highest BCUT2D eigenvalue weighted by Gasteiger charge is 2.07. The maximum atomic E-state index is 10.4. The van der Waals surface area contributed by atoms with Crippen LogP contribution >= 0.6 is 11.6 Å². The van der Waals surface area contributed by atoms with Crippen LogP contribution in [0.15, 0.2) is 29.8 Å². The molecule has 0 aliphatic rings. The fourth-order valence-corrected chi connectivity index (χ4v) is 1.18. The average molecular weight is 226 g/mol. The third kappa shape index (κ3) is 2.63. The molecule has 4 nitrogen and oxygen atoms in total. The van der Waals surface area contributed by atoms with E-state index in [9.17, 15) is 14.9 Å². The van der Waals surface area contributed by atoms with Crippen LogP contribution in [0.1, 0.15) is 12.5 Å². The van der Waals surface area contributed by atoms with Crippen LogP contribution < -0.4 is 0 Å². The summed E-state index contributed by atoms with van der Waals surface area (Å²) in [5.41, 5.74) is 0.976. The lowest BCUT2D eigenvalue weighted by Gasteiger charge is -2.00. The standard InChI is InChI=1S/C10H8ClNO3/c1-7(6-13)10(11)8-2-4-9(5-3-8)12(14)15/h2-6H,1H3/b10-7-. The van der Waals surface area contributed by atoms with Crippen molar-refractivity contribution < 1.29 is 9.72 Å². The maximum Gasteiger partial charge on any atom is 0.269 e. The number of carbonyl (C=O) groups is 1. The van der Waals surface area contributed by atoms with Crippen molar-refractivity contribution in [2.24, 2.45) is 0 Å². The zero-order valence-electron chi connectivity index (χ0n) is 7.94. The summed E-state index contributed by atoms with van der Waals surface area (Å²) in [7, 11) is 0. The molecule has 0 aromatic heterocycles. The maximum absolute atomic E-state index is 10.4. The van der Waals surface area contributed by atoms with Crippen LogP contribution in [0.4, 0.5) is 5.69 Å². The minimum Gasteiger partial charge on any atom is -0.298 e. The molecule has 0 atom stereocenters. The number of rotatable bonds is 3. The Morgan fingerprint density at radius 3 is 2.33 bits per heavy atom. The first-order valence-corrected chi connectivity index (χ1v) is 4.50. The van der Waals surface area contributed by atoms with E-state index in [0.29, 0.717) is 22.5 Å². The Labute approximate surface area is 91.3 Å². The number of benzene rings is 1. The van der Waals surface area contributed by atoms with Gasteiger partial charge in [0, 0.05) is 17.7 Å². The van der Waals surface area contributed by atoms with E-state index in [1.165, 1.54) is 24.3 Å². The van der Waals surface area contributed by atoms with Gasteiger partial charge in [0.05, 0.1) is 9.96 Å². The van der Waals surface area contributed by atoms with E-state index in [4.69, 9.17) is 11.6 Å². The molecular formula is C10H8ClNO3. The van der Waals surface area contributed by atoms with Gasteiger partial charge in [0.25, 0.3) is 5.69 Å². The molecule has 0 N–H and O–H groups in total. The van der Waals surface area contributed by atoms with Crippen LogP contribution in [0.25, 0.3) is 5.03 Å². The molecule has 0 spiro atoms. The predicted octanol–water partition coefficient (Wildman–Crippen LogP) is 2.76. The summed E-state index contributed by atoms with van der Waals surface area (Å²) in [5, 5.41) is 10.7. The van der Waals surface area contributed by atoms with Gasteiger partial charge < -0.3 is 0 Å². The molecule has 1 rings (SSSR count). The molecule has 78 valence electrons. The topological polar surface area (TPSA) is 60.2 Å². The Morgan fingerprint density at radius 1 is 1.40 bits per heavy atom. The van der Waals surface area contributed by atoms with E-state index in [2.05, 4.69) is 0 Å². The highest BCUT2D eigenvalue weighted by atomic mass is 35.5. The molecular weight excluding hydrogens is 218 g/mol. The molecule has 0 heterocycles. The highest BCUT2D eigenvalue weighted by Crippen LogP contribution is 2.24. The van der Waals surface area contributed by atoms with Crippen molar-refractivity contribution in [2.45, 2.75) is 6.92 Å². The van der Waals surface area contributed by atoms with Crippen molar-refractivity contribution in [2.75, 3.05) is 0 Å². The van der Waals surface area contributed by atoms with Crippen molar-refractivity contribution in [3.8, 4) is 0 Å². The van der Waals surface area contributed by atoms with E-state index in [1.54, 1.807) is 6.92 Å². The van der Waals surface area contributed by atoms with Gasteiger partial charge in [-0.2, -0.15) is 0 Å². The van der Waals surface area contributed by atoms with Crippen molar-refractivity contribution in [1.82, 2.24) is 0 Å². The first-order valence-electron chi connectivity index (χ1n) is 4.12. The lowest BCUT2D eigenvalue weighted by Crippen LogP contribution is -1.89. The van der Waals surface area contributed by atoms with Crippen LogP contribution in [0.3, 0.4) is 0 Å². The zero-order valence-corrected chi connectivity index (χ0v) is 8.69. The molecule has 0 radical (unpaired) electrons. The normalized spacial score (nSPS) is 11.9. The Hall–Kier alpha value is -1.68. The first kappa shape index (κ1) is 11.4. The molecule has 15 heavy (non-hydrogen) atoms. The number of nitro benzene ring substituents is 1. The lowest BCUT2D eigenvalue weighted by atomic mass is 10.1. The highest BCUT2D eigenvalue weighted by molar-refractivity contribution is 6.50. The summed E-state index contributed by atoms with van der Waals surface area (Å²) >= 11 is 5.87. The van der Waals surface area contributed by atoms with Gasteiger partial charge in [-0.25, -0.2) is 0 Å². The van der Waals surface area contributed by atoms with Gasteiger partial charge in [-0.1, -0.05) is 11.6 Å². The molecule has 1 aromatic carbocycles. The number of allylic oxidation sites excluding steroid dienone is 1. The quantitative estimate of drug-likeness (QED) is 0.344. The van der Waals surface area contributed by atoms with Crippen LogP contribution in [0, 0.1) is 10.1 Å². The average Bonchev–Trinajstić information content (AvgIpc) is 2.27. The van der Waals surface area contributed by atoms with Gasteiger partial charge in [-0.15, -0.1) is 0 Å². The van der Waals surface area contributed by atoms with Gasteiger partial charge >= 0.3 is 0 Å². The van der Waals surface area contributed by atoms with Gasteiger partial charge in [-0.3, -0.25) is 14.9 Å². The lowest BCUT2D eigenvalue weighted by molar-refractivity contribution is -0.384. The number of hydrogen-bond donors (Lipinski definition) is 0. The van der Waals surface area contributed by atoms with E-state index < -0.39 is 4.92 Å². The summed E-state index contributed by atoms with van der Waals surface area (Å²) in [4.78, 5) is 20.3. The van der Waals surface area contributed by atoms with Crippen LogP contribution in [-0.2, 0) is 4.79 Å². The molecule has 0 saturated carbocycles. The molecule has 0 unspecified atom stereocenters. The predicted molar refractivity (Wildman–Crippen MR) is 57.6 cm³/mol. The summed E-state index contributed by atoms with van der Waals surface area (Å²) in [6, 6.07) is 5.70. The zero-order chi connectivity index (χ0) is 11.4. The number of nitrogens with zero attached hydrogens (tertiary/aromatic N) is 1. The van der Waals surface area contributed by atoms with Gasteiger partial charge in [0.15, 0.2) is 0 Å².